The Balaban J connectivity index is 1.56. The van der Waals surface area contributed by atoms with Gasteiger partial charge >= 0.3 is 0 Å². The molecule has 0 aliphatic carbocycles. The van der Waals surface area contributed by atoms with Gasteiger partial charge in [0.25, 0.3) is 0 Å². The number of benzene rings is 2. The highest BCUT2D eigenvalue weighted by Gasteiger charge is 2.18. The lowest BCUT2D eigenvalue weighted by Gasteiger charge is -2.22. The van der Waals surface area contributed by atoms with Gasteiger partial charge in [-0.3, -0.25) is 9.10 Å². The number of aromatic nitrogens is 2. The third-order valence-corrected chi connectivity index (χ3v) is 6.62. The Labute approximate surface area is 191 Å². The van der Waals surface area contributed by atoms with Crippen LogP contribution in [0.25, 0.3) is 10.6 Å². The minimum atomic E-state index is -3.50. The van der Waals surface area contributed by atoms with E-state index < -0.39 is 10.0 Å². The largest absolute Gasteiger partial charge is 0.497 e. The molecular formula is C21H24N4O5S2. The first-order chi connectivity index (χ1) is 15.3. The van der Waals surface area contributed by atoms with E-state index in [0.29, 0.717) is 28.0 Å². The molecule has 0 radical (unpaired) electrons. The molecule has 1 amide bonds. The Kier molecular flexibility index (Phi) is 7.65. The molecule has 0 fully saturated rings. The van der Waals surface area contributed by atoms with Gasteiger partial charge in [-0.15, -0.1) is 10.2 Å². The maximum atomic E-state index is 12.3. The van der Waals surface area contributed by atoms with Gasteiger partial charge in [0.1, 0.15) is 16.5 Å². The molecule has 0 bridgehead atoms. The van der Waals surface area contributed by atoms with Crippen molar-refractivity contribution in [1.82, 2.24) is 10.2 Å². The lowest BCUT2D eigenvalue weighted by atomic mass is 10.2. The number of nitrogens with zero attached hydrogens (tertiary/aromatic N) is 3. The number of carbonyl (C=O) groups excluding carboxylic acids is 1. The van der Waals surface area contributed by atoms with Crippen LogP contribution >= 0.6 is 11.3 Å². The summed E-state index contributed by atoms with van der Waals surface area (Å²) in [4.78, 5) is 12.3. The number of rotatable bonds is 10. The van der Waals surface area contributed by atoms with Gasteiger partial charge in [-0.2, -0.15) is 0 Å². The van der Waals surface area contributed by atoms with Crippen LogP contribution in [0.2, 0.25) is 0 Å². The zero-order valence-electron chi connectivity index (χ0n) is 17.9. The average Bonchev–Trinajstić information content (AvgIpc) is 3.24. The number of carbonyl (C=O) groups is 1. The first kappa shape index (κ1) is 23.5. The van der Waals surface area contributed by atoms with E-state index in [-0.39, 0.29) is 18.9 Å². The SMILES string of the molecule is COc1ccc(-c2nnc(NC(=O)CCCN(c3ccc(OC)cc3)S(C)(=O)=O)s2)cc1. The number of ether oxygens (including phenoxy) is 2. The molecule has 2 aromatic carbocycles. The van der Waals surface area contributed by atoms with Crippen LogP contribution in [0.15, 0.2) is 48.5 Å². The summed E-state index contributed by atoms with van der Waals surface area (Å²) in [6, 6.07) is 14.1. The van der Waals surface area contributed by atoms with Crippen LogP contribution in [-0.2, 0) is 14.8 Å². The van der Waals surface area contributed by atoms with E-state index in [9.17, 15) is 13.2 Å². The Morgan fingerprint density at radius 3 is 2.16 bits per heavy atom. The minimum absolute atomic E-state index is 0.139. The number of hydrogen-bond acceptors (Lipinski definition) is 8. The highest BCUT2D eigenvalue weighted by atomic mass is 32.2. The van der Waals surface area contributed by atoms with Crippen molar-refractivity contribution in [3.8, 4) is 22.1 Å². The van der Waals surface area contributed by atoms with Crippen LogP contribution in [0.1, 0.15) is 12.8 Å². The first-order valence-electron chi connectivity index (χ1n) is 9.69. The zero-order valence-corrected chi connectivity index (χ0v) is 19.6. The molecule has 9 nitrogen and oxygen atoms in total. The van der Waals surface area contributed by atoms with Gasteiger partial charge in [-0.05, 0) is 55.0 Å². The van der Waals surface area contributed by atoms with Gasteiger partial charge in [0.05, 0.1) is 26.2 Å². The van der Waals surface area contributed by atoms with Crippen LogP contribution in [-0.4, -0.2) is 51.5 Å². The second-order valence-corrected chi connectivity index (χ2v) is 9.71. The lowest BCUT2D eigenvalue weighted by Crippen LogP contribution is -2.31. The maximum Gasteiger partial charge on any atom is 0.232 e. The number of hydrogen-bond donors (Lipinski definition) is 1. The minimum Gasteiger partial charge on any atom is -0.497 e. The summed E-state index contributed by atoms with van der Waals surface area (Å²) in [6.45, 7) is 0.172. The molecule has 0 saturated heterocycles. The summed E-state index contributed by atoms with van der Waals surface area (Å²) in [5.41, 5.74) is 1.38. The molecule has 3 aromatic rings. The normalized spacial score (nSPS) is 11.1. The molecule has 0 saturated carbocycles. The van der Waals surface area contributed by atoms with Crippen molar-refractivity contribution in [3.63, 3.8) is 0 Å². The fourth-order valence-electron chi connectivity index (χ4n) is 2.92. The number of nitrogens with one attached hydrogen (secondary N) is 1. The molecule has 1 aromatic heterocycles. The highest BCUT2D eigenvalue weighted by Crippen LogP contribution is 2.28. The van der Waals surface area contributed by atoms with Crippen molar-refractivity contribution in [2.75, 3.05) is 36.6 Å². The van der Waals surface area contributed by atoms with Crippen LogP contribution in [0, 0.1) is 0 Å². The van der Waals surface area contributed by atoms with Crippen LogP contribution in [0.3, 0.4) is 0 Å². The van der Waals surface area contributed by atoms with E-state index in [0.717, 1.165) is 17.6 Å². The molecule has 3 rings (SSSR count). The van der Waals surface area contributed by atoms with Gasteiger partial charge in [-0.1, -0.05) is 11.3 Å². The quantitative estimate of drug-likeness (QED) is 0.477. The monoisotopic (exact) mass is 476 g/mol. The summed E-state index contributed by atoms with van der Waals surface area (Å²) >= 11 is 1.26. The van der Waals surface area contributed by atoms with Gasteiger partial charge in [0.2, 0.25) is 21.1 Å². The van der Waals surface area contributed by atoms with Gasteiger partial charge < -0.3 is 14.8 Å². The summed E-state index contributed by atoms with van der Waals surface area (Å²) in [7, 11) is -0.357. The van der Waals surface area contributed by atoms with E-state index in [1.54, 1.807) is 38.5 Å². The molecule has 170 valence electrons. The van der Waals surface area contributed by atoms with Crippen molar-refractivity contribution in [1.29, 1.82) is 0 Å². The van der Waals surface area contributed by atoms with E-state index in [1.807, 2.05) is 24.3 Å². The zero-order chi connectivity index (χ0) is 23.1. The molecule has 0 aliphatic heterocycles. The highest BCUT2D eigenvalue weighted by molar-refractivity contribution is 7.92. The van der Waals surface area contributed by atoms with E-state index in [4.69, 9.17) is 9.47 Å². The molecule has 0 spiro atoms. The lowest BCUT2D eigenvalue weighted by molar-refractivity contribution is -0.116. The van der Waals surface area contributed by atoms with Crippen molar-refractivity contribution < 1.29 is 22.7 Å². The second-order valence-electron chi connectivity index (χ2n) is 6.83. The Bertz CT molecular complexity index is 1150. The molecule has 1 N–H and O–H groups in total. The van der Waals surface area contributed by atoms with Crippen LogP contribution in [0.5, 0.6) is 11.5 Å². The number of anilines is 2. The summed E-state index contributed by atoms with van der Waals surface area (Å²) in [5.74, 6) is 1.11. The number of sulfonamides is 1. The fraction of sp³-hybridized carbons (Fsp3) is 0.286. The summed E-state index contributed by atoms with van der Waals surface area (Å²) in [6.07, 6.45) is 1.62. The van der Waals surface area contributed by atoms with E-state index in [1.165, 1.54) is 15.6 Å². The van der Waals surface area contributed by atoms with E-state index >= 15 is 0 Å². The van der Waals surface area contributed by atoms with Crippen molar-refractivity contribution in [3.05, 3.63) is 48.5 Å². The van der Waals surface area contributed by atoms with Crippen LogP contribution in [0.4, 0.5) is 10.8 Å². The van der Waals surface area contributed by atoms with Crippen molar-refractivity contribution >= 4 is 38.1 Å². The predicted octanol–water partition coefficient (Wildman–Crippen LogP) is 3.41. The number of methoxy groups -OCH3 is 2. The molecule has 0 unspecified atom stereocenters. The van der Waals surface area contributed by atoms with Crippen molar-refractivity contribution in [2.45, 2.75) is 12.8 Å². The predicted molar refractivity (Wildman–Crippen MR) is 125 cm³/mol. The molecule has 0 aliphatic rings. The molecular weight excluding hydrogens is 452 g/mol. The number of amides is 1. The fourth-order valence-corrected chi connectivity index (χ4v) is 4.65. The smallest absolute Gasteiger partial charge is 0.232 e. The first-order valence-corrected chi connectivity index (χ1v) is 12.4. The molecule has 1 heterocycles. The topological polar surface area (TPSA) is 111 Å². The third kappa shape index (κ3) is 6.17. The van der Waals surface area contributed by atoms with Gasteiger partial charge in [0.15, 0.2) is 0 Å². The molecule has 0 atom stereocenters. The Morgan fingerprint density at radius 2 is 1.59 bits per heavy atom. The molecule has 32 heavy (non-hydrogen) atoms. The summed E-state index contributed by atoms with van der Waals surface area (Å²) in [5, 5.41) is 11.9. The second kappa shape index (κ2) is 10.4. The van der Waals surface area contributed by atoms with Crippen LogP contribution < -0.4 is 19.1 Å². The van der Waals surface area contributed by atoms with Crippen molar-refractivity contribution in [2.24, 2.45) is 0 Å². The molecule has 11 heteroatoms. The Hall–Kier alpha value is -3.18. The summed E-state index contributed by atoms with van der Waals surface area (Å²) < 4.78 is 35.9. The third-order valence-electron chi connectivity index (χ3n) is 4.53. The van der Waals surface area contributed by atoms with E-state index in [2.05, 4.69) is 15.5 Å². The maximum absolute atomic E-state index is 12.3. The Morgan fingerprint density at radius 1 is 1.00 bits per heavy atom. The standard InChI is InChI=1S/C21H24N4O5S2/c1-29-17-10-6-15(7-11-17)20-23-24-21(31-20)22-19(26)5-4-14-25(32(3,27)28)16-8-12-18(30-2)13-9-16/h6-13H,4-5,14H2,1-3H3,(H,22,24,26). The van der Waals surface area contributed by atoms with Gasteiger partial charge in [-0.25, -0.2) is 8.42 Å². The average molecular weight is 477 g/mol. The van der Waals surface area contributed by atoms with Gasteiger partial charge in [0, 0.05) is 18.5 Å².